The van der Waals surface area contributed by atoms with Gasteiger partial charge in [-0.05, 0) is 70.6 Å². The summed E-state index contributed by atoms with van der Waals surface area (Å²) in [5, 5.41) is 0. The van der Waals surface area contributed by atoms with Crippen molar-refractivity contribution in [1.82, 2.24) is 0 Å². The Labute approximate surface area is 397 Å². The van der Waals surface area contributed by atoms with Gasteiger partial charge in [0.2, 0.25) is 0 Å². The van der Waals surface area contributed by atoms with Crippen molar-refractivity contribution in [2.24, 2.45) is 0 Å². The minimum Gasteiger partial charge on any atom is -0.462 e. The summed E-state index contributed by atoms with van der Waals surface area (Å²) in [7, 11) is 0. The Morgan fingerprint density at radius 2 is 0.578 bits per heavy atom. The largest absolute Gasteiger partial charge is 0.462 e. The second-order valence-electron chi connectivity index (χ2n) is 18.8. The van der Waals surface area contributed by atoms with Gasteiger partial charge in [-0.1, -0.05) is 243 Å². The highest BCUT2D eigenvalue weighted by atomic mass is 16.6. The van der Waals surface area contributed by atoms with Gasteiger partial charge in [-0.3, -0.25) is 14.4 Å². The molecule has 0 bridgehead atoms. The molecule has 0 N–H and O–H groups in total. The first-order chi connectivity index (χ1) is 31.5. The first kappa shape index (κ1) is 61.6. The van der Waals surface area contributed by atoms with E-state index in [2.05, 4.69) is 57.2 Å². The van der Waals surface area contributed by atoms with E-state index in [0.717, 1.165) is 89.9 Å². The van der Waals surface area contributed by atoms with Crippen molar-refractivity contribution in [1.29, 1.82) is 0 Å². The Hall–Kier alpha value is -2.37. The van der Waals surface area contributed by atoms with Gasteiger partial charge in [-0.15, -0.1) is 0 Å². The molecule has 0 spiro atoms. The molecule has 6 heteroatoms. The minimum atomic E-state index is -0.777. The molecule has 0 heterocycles. The van der Waals surface area contributed by atoms with Gasteiger partial charge in [0.25, 0.3) is 0 Å². The van der Waals surface area contributed by atoms with Crippen LogP contribution in [0.25, 0.3) is 0 Å². The Morgan fingerprint density at radius 3 is 0.953 bits per heavy atom. The third kappa shape index (κ3) is 50.6. The van der Waals surface area contributed by atoms with E-state index < -0.39 is 6.10 Å². The highest BCUT2D eigenvalue weighted by Crippen LogP contribution is 2.16. The molecule has 0 rings (SSSR count). The lowest BCUT2D eigenvalue weighted by atomic mass is 10.0. The zero-order valence-corrected chi connectivity index (χ0v) is 42.8. The fourth-order valence-corrected chi connectivity index (χ4v) is 8.10. The number of unbranched alkanes of at least 4 members (excludes halogenated alkanes) is 34. The van der Waals surface area contributed by atoms with Crippen LogP contribution in [0.5, 0.6) is 0 Å². The molecule has 1 atom stereocenters. The molecule has 0 radical (unpaired) electrons. The number of carbonyl (C=O) groups is 3. The van der Waals surface area contributed by atoms with Crippen LogP contribution in [-0.4, -0.2) is 37.2 Å². The van der Waals surface area contributed by atoms with Crippen molar-refractivity contribution in [3.63, 3.8) is 0 Å². The van der Waals surface area contributed by atoms with Gasteiger partial charge >= 0.3 is 17.9 Å². The molecule has 64 heavy (non-hydrogen) atoms. The number of ether oxygens (including phenoxy) is 3. The maximum atomic E-state index is 12.8. The molecule has 6 nitrogen and oxygen atoms in total. The maximum absolute atomic E-state index is 12.8. The summed E-state index contributed by atoms with van der Waals surface area (Å²) in [6.07, 6.45) is 62.8. The van der Waals surface area contributed by atoms with Crippen LogP contribution in [-0.2, 0) is 28.6 Å². The second-order valence-corrected chi connectivity index (χ2v) is 18.8. The monoisotopic (exact) mass is 899 g/mol. The number of rotatable bonds is 51. The van der Waals surface area contributed by atoms with Crippen LogP contribution in [0.3, 0.4) is 0 Å². The van der Waals surface area contributed by atoms with E-state index in [1.54, 1.807) is 0 Å². The molecule has 0 aliphatic heterocycles. The van der Waals surface area contributed by atoms with E-state index in [0.29, 0.717) is 19.3 Å². The lowest BCUT2D eigenvalue weighted by Gasteiger charge is -2.18. The van der Waals surface area contributed by atoms with Crippen LogP contribution in [0, 0.1) is 0 Å². The highest BCUT2D eigenvalue weighted by molar-refractivity contribution is 5.71. The molecule has 0 aliphatic rings. The first-order valence-electron chi connectivity index (χ1n) is 28.0. The van der Waals surface area contributed by atoms with Crippen LogP contribution >= 0.6 is 0 Å². The lowest BCUT2D eigenvalue weighted by Crippen LogP contribution is -2.30. The molecular weight excluding hydrogens is 793 g/mol. The average molecular weight is 899 g/mol. The van der Waals surface area contributed by atoms with E-state index in [-0.39, 0.29) is 31.1 Å². The van der Waals surface area contributed by atoms with Crippen molar-refractivity contribution in [3.05, 3.63) is 36.5 Å². The molecule has 1 unspecified atom stereocenters. The average Bonchev–Trinajstić information content (AvgIpc) is 3.29. The zero-order chi connectivity index (χ0) is 46.5. The Kier molecular flexibility index (Phi) is 51.3. The SMILES string of the molecule is CCCC/C=C\CCCCCCC(=O)OCC(COC(=O)CCCCCCCCCCCCCCCCCCCCC)OC(=O)CCCCCCCCC/C=C\C/C=C\CCCCC. The predicted molar refractivity (Wildman–Crippen MR) is 275 cm³/mol. The molecule has 0 fully saturated rings. The topological polar surface area (TPSA) is 78.9 Å². The summed E-state index contributed by atoms with van der Waals surface area (Å²) >= 11 is 0. The van der Waals surface area contributed by atoms with Crippen molar-refractivity contribution < 1.29 is 28.6 Å². The fraction of sp³-hybridized carbons (Fsp3) is 0.845. The van der Waals surface area contributed by atoms with Gasteiger partial charge < -0.3 is 14.2 Å². The van der Waals surface area contributed by atoms with E-state index >= 15 is 0 Å². The summed E-state index contributed by atoms with van der Waals surface area (Å²) in [4.78, 5) is 38.0. The normalized spacial score (nSPS) is 12.2. The molecule has 0 aliphatic carbocycles. The maximum Gasteiger partial charge on any atom is 0.306 e. The molecule has 0 aromatic heterocycles. The van der Waals surface area contributed by atoms with Crippen molar-refractivity contribution in [2.45, 2.75) is 303 Å². The van der Waals surface area contributed by atoms with Crippen LogP contribution in [0.1, 0.15) is 297 Å². The van der Waals surface area contributed by atoms with Gasteiger partial charge in [0.1, 0.15) is 13.2 Å². The minimum absolute atomic E-state index is 0.0757. The Bertz CT molecular complexity index is 1080. The Morgan fingerprint density at radius 1 is 0.312 bits per heavy atom. The predicted octanol–water partition coefficient (Wildman–Crippen LogP) is 18.5. The number of esters is 3. The number of hydrogen-bond donors (Lipinski definition) is 0. The smallest absolute Gasteiger partial charge is 0.306 e. The third-order valence-electron chi connectivity index (χ3n) is 12.4. The quantitative estimate of drug-likeness (QED) is 0.0262. The van der Waals surface area contributed by atoms with Crippen molar-refractivity contribution in [2.75, 3.05) is 13.2 Å². The van der Waals surface area contributed by atoms with Gasteiger partial charge in [-0.2, -0.15) is 0 Å². The van der Waals surface area contributed by atoms with E-state index in [1.807, 2.05) is 0 Å². The zero-order valence-electron chi connectivity index (χ0n) is 42.8. The van der Waals surface area contributed by atoms with Crippen LogP contribution < -0.4 is 0 Å². The van der Waals surface area contributed by atoms with Crippen LogP contribution in [0.15, 0.2) is 36.5 Å². The summed E-state index contributed by atoms with van der Waals surface area (Å²) in [5.74, 6) is -0.884. The molecule has 0 aromatic carbocycles. The van der Waals surface area contributed by atoms with E-state index in [4.69, 9.17) is 14.2 Å². The summed E-state index contributed by atoms with van der Waals surface area (Å²) in [6.45, 7) is 6.59. The van der Waals surface area contributed by atoms with Gasteiger partial charge in [-0.25, -0.2) is 0 Å². The second kappa shape index (κ2) is 53.2. The first-order valence-corrected chi connectivity index (χ1v) is 28.0. The molecule has 374 valence electrons. The van der Waals surface area contributed by atoms with E-state index in [1.165, 1.54) is 167 Å². The fourth-order valence-electron chi connectivity index (χ4n) is 8.10. The third-order valence-corrected chi connectivity index (χ3v) is 12.4. The van der Waals surface area contributed by atoms with Crippen LogP contribution in [0.4, 0.5) is 0 Å². The van der Waals surface area contributed by atoms with Gasteiger partial charge in [0.05, 0.1) is 0 Å². The van der Waals surface area contributed by atoms with E-state index in [9.17, 15) is 14.4 Å². The van der Waals surface area contributed by atoms with Gasteiger partial charge in [0, 0.05) is 19.3 Å². The number of hydrogen-bond acceptors (Lipinski definition) is 6. The summed E-state index contributed by atoms with van der Waals surface area (Å²) < 4.78 is 16.8. The van der Waals surface area contributed by atoms with Crippen molar-refractivity contribution in [3.8, 4) is 0 Å². The summed E-state index contributed by atoms with van der Waals surface area (Å²) in [6, 6.07) is 0. The summed E-state index contributed by atoms with van der Waals surface area (Å²) in [5.41, 5.74) is 0. The highest BCUT2D eigenvalue weighted by Gasteiger charge is 2.19. The number of allylic oxidation sites excluding steroid dienone is 6. The molecule has 0 saturated carbocycles. The number of carbonyl (C=O) groups excluding carboxylic acids is 3. The standard InChI is InChI=1S/C58H106O6/c1-4-7-10-13-16-19-22-24-26-28-29-31-32-34-36-39-42-45-48-51-57(60)63-54-55(53-62-56(59)50-47-44-41-38-21-18-15-12-9-6-3)64-58(61)52-49-46-43-40-37-35-33-30-27-25-23-20-17-14-11-8-5-2/h15,17-18,20,25,27,55H,4-14,16,19,21-24,26,28-54H2,1-3H3/b18-15-,20-17-,27-25-. The van der Waals surface area contributed by atoms with Crippen molar-refractivity contribution >= 4 is 17.9 Å². The van der Waals surface area contributed by atoms with Crippen LogP contribution in [0.2, 0.25) is 0 Å². The molecule has 0 saturated heterocycles. The molecule has 0 aromatic rings. The lowest BCUT2D eigenvalue weighted by molar-refractivity contribution is -0.167. The Balaban J connectivity index is 4.29. The molecular formula is C58H106O6. The molecule has 0 amide bonds. The van der Waals surface area contributed by atoms with Gasteiger partial charge in [0.15, 0.2) is 6.10 Å².